The van der Waals surface area contributed by atoms with Crippen molar-refractivity contribution in [1.82, 2.24) is 5.32 Å². The topological polar surface area (TPSA) is 55.1 Å². The number of carbonyl (C=O) groups is 1. The summed E-state index contributed by atoms with van der Waals surface area (Å²) in [5.74, 6) is 1.50. The van der Waals surface area contributed by atoms with Crippen LogP contribution in [0.15, 0.2) is 0 Å². The normalized spacial score (nSPS) is 28.5. The predicted molar refractivity (Wildman–Crippen MR) is 62.4 cm³/mol. The molecule has 0 aliphatic heterocycles. The lowest BCUT2D eigenvalue weighted by Crippen LogP contribution is -2.42. The predicted octanol–water partition coefficient (Wildman–Crippen LogP) is 1.67. The average Bonchev–Trinajstić information content (AvgIpc) is 2.25. The number of amides is 1. The molecule has 0 aromatic rings. The van der Waals surface area contributed by atoms with E-state index >= 15 is 0 Å². The van der Waals surface area contributed by atoms with Crippen molar-refractivity contribution in [3.8, 4) is 0 Å². The Morgan fingerprint density at radius 3 is 2.87 bits per heavy atom. The van der Waals surface area contributed by atoms with Crippen molar-refractivity contribution in [2.75, 3.05) is 6.54 Å². The molecular weight excluding hydrogens is 188 g/mol. The molecule has 1 fully saturated rings. The maximum atomic E-state index is 11.5. The molecule has 1 saturated carbocycles. The summed E-state index contributed by atoms with van der Waals surface area (Å²) in [7, 11) is 0. The van der Waals surface area contributed by atoms with Crippen LogP contribution < -0.4 is 11.1 Å². The molecule has 0 aromatic carbocycles. The molecule has 3 nitrogen and oxygen atoms in total. The fourth-order valence-corrected chi connectivity index (χ4v) is 2.31. The Balaban J connectivity index is 2.21. The van der Waals surface area contributed by atoms with Crippen LogP contribution in [0.25, 0.3) is 0 Å². The first-order chi connectivity index (χ1) is 7.13. The Hall–Kier alpha value is -0.570. The molecule has 0 radical (unpaired) electrons. The first kappa shape index (κ1) is 12.5. The fraction of sp³-hybridized carbons (Fsp3) is 0.917. The first-order valence-corrected chi connectivity index (χ1v) is 6.16. The van der Waals surface area contributed by atoms with E-state index in [4.69, 9.17) is 5.73 Å². The molecule has 1 amide bonds. The van der Waals surface area contributed by atoms with Crippen LogP contribution in [0.5, 0.6) is 0 Å². The van der Waals surface area contributed by atoms with Crippen LogP contribution in [0, 0.1) is 11.8 Å². The average molecular weight is 212 g/mol. The minimum atomic E-state index is -0.328. The minimum absolute atomic E-state index is 0.00993. The zero-order valence-electron chi connectivity index (χ0n) is 9.96. The molecule has 0 saturated heterocycles. The van der Waals surface area contributed by atoms with E-state index in [1.54, 1.807) is 0 Å². The number of nitrogens with two attached hydrogens (primary N) is 1. The molecule has 88 valence electrons. The van der Waals surface area contributed by atoms with E-state index in [0.29, 0.717) is 12.3 Å². The summed E-state index contributed by atoms with van der Waals surface area (Å²) in [6, 6.07) is -0.328. The molecule has 15 heavy (non-hydrogen) atoms. The zero-order valence-corrected chi connectivity index (χ0v) is 9.96. The fourth-order valence-electron chi connectivity index (χ4n) is 2.31. The van der Waals surface area contributed by atoms with E-state index < -0.39 is 0 Å². The van der Waals surface area contributed by atoms with Gasteiger partial charge in [0.25, 0.3) is 0 Å². The Morgan fingerprint density at radius 1 is 1.53 bits per heavy atom. The second-order valence-corrected chi connectivity index (χ2v) is 4.90. The summed E-state index contributed by atoms with van der Waals surface area (Å²) in [6.45, 7) is 5.05. The van der Waals surface area contributed by atoms with Gasteiger partial charge in [0.1, 0.15) is 0 Å². The molecule has 0 bridgehead atoms. The molecule has 3 heteroatoms. The van der Waals surface area contributed by atoms with Crippen LogP contribution in [-0.4, -0.2) is 18.5 Å². The quantitative estimate of drug-likeness (QED) is 0.744. The van der Waals surface area contributed by atoms with Crippen molar-refractivity contribution >= 4 is 5.91 Å². The minimum Gasteiger partial charge on any atom is -0.354 e. The molecule has 1 rings (SSSR count). The van der Waals surface area contributed by atoms with Crippen LogP contribution in [-0.2, 0) is 4.79 Å². The van der Waals surface area contributed by atoms with Crippen LogP contribution in [0.4, 0.5) is 0 Å². The van der Waals surface area contributed by atoms with Gasteiger partial charge < -0.3 is 11.1 Å². The second kappa shape index (κ2) is 6.11. The van der Waals surface area contributed by atoms with E-state index in [2.05, 4.69) is 12.2 Å². The highest BCUT2D eigenvalue weighted by molar-refractivity contribution is 5.81. The van der Waals surface area contributed by atoms with Crippen LogP contribution >= 0.6 is 0 Å². The molecule has 3 N–H and O–H groups in total. The highest BCUT2D eigenvalue weighted by Crippen LogP contribution is 2.27. The monoisotopic (exact) mass is 212 g/mol. The third-order valence-electron chi connectivity index (χ3n) is 3.39. The first-order valence-electron chi connectivity index (χ1n) is 6.16. The smallest absolute Gasteiger partial charge is 0.236 e. The molecule has 2 unspecified atom stereocenters. The van der Waals surface area contributed by atoms with Gasteiger partial charge in [-0.3, -0.25) is 4.79 Å². The van der Waals surface area contributed by atoms with Gasteiger partial charge in [0.15, 0.2) is 0 Å². The van der Waals surface area contributed by atoms with Gasteiger partial charge in [-0.2, -0.15) is 0 Å². The molecule has 0 spiro atoms. The third kappa shape index (κ3) is 4.20. The highest BCUT2D eigenvalue weighted by Gasteiger charge is 2.20. The molecule has 3 atom stereocenters. The van der Waals surface area contributed by atoms with Crippen LogP contribution in [0.1, 0.15) is 46.0 Å². The van der Waals surface area contributed by atoms with E-state index in [1.165, 1.54) is 25.7 Å². The second-order valence-electron chi connectivity index (χ2n) is 4.90. The Kier molecular flexibility index (Phi) is 5.09. The number of hydrogen-bond donors (Lipinski definition) is 2. The highest BCUT2D eigenvalue weighted by atomic mass is 16.2. The van der Waals surface area contributed by atoms with E-state index in [1.807, 2.05) is 6.92 Å². The Bertz CT molecular complexity index is 206. The maximum absolute atomic E-state index is 11.5. The lowest BCUT2D eigenvalue weighted by molar-refractivity contribution is -0.122. The Labute approximate surface area is 92.8 Å². The summed E-state index contributed by atoms with van der Waals surface area (Å²) >= 11 is 0. The summed E-state index contributed by atoms with van der Waals surface area (Å²) in [6.07, 6.45) is 5.88. The van der Waals surface area contributed by atoms with E-state index in [0.717, 1.165) is 12.5 Å². The van der Waals surface area contributed by atoms with Gasteiger partial charge >= 0.3 is 0 Å². The van der Waals surface area contributed by atoms with Gasteiger partial charge in [-0.1, -0.05) is 26.7 Å². The standard InChI is InChI=1S/C12H24N2O/c1-3-11(13)12(15)14-8-10-6-4-5-9(2)7-10/h9-11H,3-8,13H2,1-2H3,(H,14,15)/t9?,10?,11-/m1/s1. The molecule has 0 aromatic heterocycles. The van der Waals surface area contributed by atoms with Gasteiger partial charge in [0, 0.05) is 6.54 Å². The molecule has 0 heterocycles. The lowest BCUT2D eigenvalue weighted by Gasteiger charge is -2.27. The molecule has 1 aliphatic carbocycles. The van der Waals surface area contributed by atoms with Gasteiger partial charge in [0.2, 0.25) is 5.91 Å². The van der Waals surface area contributed by atoms with Crippen LogP contribution in [0.2, 0.25) is 0 Å². The molecular formula is C12H24N2O. The van der Waals surface area contributed by atoms with Crippen molar-refractivity contribution in [3.63, 3.8) is 0 Å². The van der Waals surface area contributed by atoms with Crippen LogP contribution in [0.3, 0.4) is 0 Å². The van der Waals surface area contributed by atoms with Crippen molar-refractivity contribution in [2.45, 2.75) is 52.0 Å². The summed E-state index contributed by atoms with van der Waals surface area (Å²) in [4.78, 5) is 11.5. The SMILES string of the molecule is CC[C@@H](N)C(=O)NCC1CCCC(C)C1. The largest absolute Gasteiger partial charge is 0.354 e. The Morgan fingerprint density at radius 2 is 2.27 bits per heavy atom. The maximum Gasteiger partial charge on any atom is 0.236 e. The van der Waals surface area contributed by atoms with Crippen molar-refractivity contribution in [1.29, 1.82) is 0 Å². The number of rotatable bonds is 4. The van der Waals surface area contributed by atoms with Gasteiger partial charge in [0.05, 0.1) is 6.04 Å². The number of nitrogens with one attached hydrogen (secondary N) is 1. The molecule has 1 aliphatic rings. The van der Waals surface area contributed by atoms with Gasteiger partial charge in [-0.05, 0) is 31.1 Å². The van der Waals surface area contributed by atoms with Crippen molar-refractivity contribution in [2.24, 2.45) is 17.6 Å². The van der Waals surface area contributed by atoms with E-state index in [9.17, 15) is 4.79 Å². The lowest BCUT2D eigenvalue weighted by atomic mass is 9.82. The van der Waals surface area contributed by atoms with Gasteiger partial charge in [-0.15, -0.1) is 0 Å². The third-order valence-corrected chi connectivity index (χ3v) is 3.39. The van der Waals surface area contributed by atoms with Gasteiger partial charge in [-0.25, -0.2) is 0 Å². The summed E-state index contributed by atoms with van der Waals surface area (Å²) in [5, 5.41) is 2.96. The zero-order chi connectivity index (χ0) is 11.3. The van der Waals surface area contributed by atoms with Crippen molar-refractivity contribution < 1.29 is 4.79 Å². The number of carbonyl (C=O) groups excluding carboxylic acids is 1. The van der Waals surface area contributed by atoms with E-state index in [-0.39, 0.29) is 11.9 Å². The summed E-state index contributed by atoms with van der Waals surface area (Å²) < 4.78 is 0. The van der Waals surface area contributed by atoms with Crippen molar-refractivity contribution in [3.05, 3.63) is 0 Å². The number of hydrogen-bond acceptors (Lipinski definition) is 2. The summed E-state index contributed by atoms with van der Waals surface area (Å²) in [5.41, 5.74) is 5.65.